The van der Waals surface area contributed by atoms with Gasteiger partial charge in [-0.15, -0.1) is 0 Å². The lowest BCUT2D eigenvalue weighted by atomic mass is 9.87. The molecule has 92 valence electrons. The van der Waals surface area contributed by atoms with Crippen molar-refractivity contribution < 1.29 is 0 Å². The van der Waals surface area contributed by atoms with Crippen molar-refractivity contribution in [3.63, 3.8) is 0 Å². The number of rotatable bonds is 5. The molecular weight excluding hydrogens is 196 g/mol. The van der Waals surface area contributed by atoms with Gasteiger partial charge in [-0.1, -0.05) is 34.1 Å². The summed E-state index contributed by atoms with van der Waals surface area (Å²) in [5.74, 6) is 0. The second-order valence-corrected chi connectivity index (χ2v) is 5.97. The molecule has 0 N–H and O–H groups in total. The Morgan fingerprint density at radius 2 is 1.81 bits per heavy atom. The SMILES string of the molecule is CCCC(C)(C)n1cnc(C(C)(C)CC)c1. The Morgan fingerprint density at radius 1 is 1.19 bits per heavy atom. The second-order valence-electron chi connectivity index (χ2n) is 5.97. The zero-order valence-corrected chi connectivity index (χ0v) is 11.7. The van der Waals surface area contributed by atoms with Crippen LogP contribution in [-0.2, 0) is 11.0 Å². The molecule has 0 amide bonds. The summed E-state index contributed by atoms with van der Waals surface area (Å²) in [6.45, 7) is 13.5. The van der Waals surface area contributed by atoms with Gasteiger partial charge in [0.15, 0.2) is 0 Å². The van der Waals surface area contributed by atoms with E-state index in [0.717, 1.165) is 6.42 Å². The van der Waals surface area contributed by atoms with Gasteiger partial charge in [-0.2, -0.15) is 0 Å². The van der Waals surface area contributed by atoms with Crippen LogP contribution in [0.5, 0.6) is 0 Å². The molecule has 0 spiro atoms. The fourth-order valence-corrected chi connectivity index (χ4v) is 1.93. The zero-order chi connectivity index (χ0) is 12.4. The van der Waals surface area contributed by atoms with Crippen molar-refractivity contribution >= 4 is 0 Å². The first kappa shape index (κ1) is 13.3. The maximum Gasteiger partial charge on any atom is 0.0954 e. The first-order valence-electron chi connectivity index (χ1n) is 6.38. The summed E-state index contributed by atoms with van der Waals surface area (Å²) in [4.78, 5) is 4.57. The third-order valence-electron chi connectivity index (χ3n) is 3.72. The van der Waals surface area contributed by atoms with E-state index in [1.807, 2.05) is 6.33 Å². The van der Waals surface area contributed by atoms with Crippen LogP contribution in [0.25, 0.3) is 0 Å². The summed E-state index contributed by atoms with van der Waals surface area (Å²) in [5, 5.41) is 0. The molecule has 0 saturated carbocycles. The highest BCUT2D eigenvalue weighted by molar-refractivity contribution is 5.11. The Balaban J connectivity index is 2.95. The Hall–Kier alpha value is -0.790. The van der Waals surface area contributed by atoms with E-state index in [0.29, 0.717) is 0 Å². The van der Waals surface area contributed by atoms with E-state index < -0.39 is 0 Å². The molecule has 0 radical (unpaired) electrons. The van der Waals surface area contributed by atoms with Crippen molar-refractivity contribution in [1.29, 1.82) is 0 Å². The molecule has 0 aliphatic rings. The molecule has 0 aliphatic heterocycles. The van der Waals surface area contributed by atoms with Crippen LogP contribution in [0.2, 0.25) is 0 Å². The van der Waals surface area contributed by atoms with E-state index in [-0.39, 0.29) is 11.0 Å². The van der Waals surface area contributed by atoms with Crippen molar-refractivity contribution in [3.05, 3.63) is 18.2 Å². The van der Waals surface area contributed by atoms with E-state index in [9.17, 15) is 0 Å². The van der Waals surface area contributed by atoms with Crippen molar-refractivity contribution in [3.8, 4) is 0 Å². The Bertz CT molecular complexity index is 334. The van der Waals surface area contributed by atoms with Gasteiger partial charge in [0.25, 0.3) is 0 Å². The zero-order valence-electron chi connectivity index (χ0n) is 11.7. The smallest absolute Gasteiger partial charge is 0.0954 e. The molecule has 0 aliphatic carbocycles. The minimum absolute atomic E-state index is 0.184. The standard InChI is InChI=1S/C14H26N2/c1-7-9-14(5,6)16-10-12(15-11-16)13(3,4)8-2/h10-11H,7-9H2,1-6H3. The number of hydrogen-bond donors (Lipinski definition) is 0. The number of aromatic nitrogens is 2. The van der Waals surface area contributed by atoms with Gasteiger partial charge in [-0.3, -0.25) is 0 Å². The summed E-state index contributed by atoms with van der Waals surface area (Å²) in [7, 11) is 0. The normalized spacial score (nSPS) is 13.1. The molecule has 0 saturated heterocycles. The van der Waals surface area contributed by atoms with Crippen molar-refractivity contribution in [2.75, 3.05) is 0 Å². The highest BCUT2D eigenvalue weighted by Gasteiger charge is 2.24. The third-order valence-corrected chi connectivity index (χ3v) is 3.72. The lowest BCUT2D eigenvalue weighted by Gasteiger charge is -2.26. The maximum absolute atomic E-state index is 4.57. The summed E-state index contributed by atoms with van der Waals surface area (Å²) in [6.07, 6.45) is 7.73. The van der Waals surface area contributed by atoms with Gasteiger partial charge in [-0.05, 0) is 26.7 Å². The molecule has 0 fully saturated rings. The first-order chi connectivity index (χ1) is 7.33. The van der Waals surface area contributed by atoms with E-state index in [4.69, 9.17) is 0 Å². The second kappa shape index (κ2) is 4.60. The summed E-state index contributed by atoms with van der Waals surface area (Å²) in [5.41, 5.74) is 1.58. The quantitative estimate of drug-likeness (QED) is 0.733. The van der Waals surface area contributed by atoms with Crippen LogP contribution in [0.3, 0.4) is 0 Å². The van der Waals surface area contributed by atoms with Gasteiger partial charge in [-0.25, -0.2) is 4.98 Å². The van der Waals surface area contributed by atoms with Crippen LogP contribution in [0, 0.1) is 0 Å². The van der Waals surface area contributed by atoms with E-state index >= 15 is 0 Å². The van der Waals surface area contributed by atoms with E-state index in [2.05, 4.69) is 57.3 Å². The van der Waals surface area contributed by atoms with Crippen LogP contribution in [0.15, 0.2) is 12.5 Å². The largest absolute Gasteiger partial charge is 0.332 e. The molecule has 0 aromatic carbocycles. The number of nitrogens with zero attached hydrogens (tertiary/aromatic N) is 2. The van der Waals surface area contributed by atoms with Crippen LogP contribution in [-0.4, -0.2) is 9.55 Å². The molecule has 1 heterocycles. The molecule has 0 bridgehead atoms. The van der Waals surface area contributed by atoms with Gasteiger partial charge in [0.1, 0.15) is 0 Å². The highest BCUT2D eigenvalue weighted by Crippen LogP contribution is 2.28. The fourth-order valence-electron chi connectivity index (χ4n) is 1.93. The molecule has 1 rings (SSSR count). The van der Waals surface area contributed by atoms with E-state index in [1.54, 1.807) is 0 Å². The van der Waals surface area contributed by atoms with Crippen LogP contribution >= 0.6 is 0 Å². The Labute approximate surface area is 100 Å². The minimum atomic E-state index is 0.184. The number of hydrogen-bond acceptors (Lipinski definition) is 1. The highest BCUT2D eigenvalue weighted by atomic mass is 15.1. The lowest BCUT2D eigenvalue weighted by Crippen LogP contribution is -2.24. The van der Waals surface area contributed by atoms with Gasteiger partial charge in [0.2, 0.25) is 0 Å². The van der Waals surface area contributed by atoms with Crippen LogP contribution in [0.4, 0.5) is 0 Å². The molecule has 2 nitrogen and oxygen atoms in total. The summed E-state index contributed by atoms with van der Waals surface area (Å²) >= 11 is 0. The topological polar surface area (TPSA) is 17.8 Å². The van der Waals surface area contributed by atoms with E-state index in [1.165, 1.54) is 18.5 Å². The van der Waals surface area contributed by atoms with Crippen LogP contribution in [0.1, 0.15) is 66.5 Å². The van der Waals surface area contributed by atoms with Gasteiger partial charge in [0.05, 0.1) is 12.0 Å². The molecule has 1 aromatic rings. The molecule has 0 unspecified atom stereocenters. The third kappa shape index (κ3) is 2.66. The van der Waals surface area contributed by atoms with Gasteiger partial charge < -0.3 is 4.57 Å². The van der Waals surface area contributed by atoms with Crippen molar-refractivity contribution in [2.45, 2.75) is 71.8 Å². The summed E-state index contributed by atoms with van der Waals surface area (Å²) in [6, 6.07) is 0. The van der Waals surface area contributed by atoms with Gasteiger partial charge >= 0.3 is 0 Å². The first-order valence-corrected chi connectivity index (χ1v) is 6.38. The molecule has 0 atom stereocenters. The van der Waals surface area contributed by atoms with Crippen LogP contribution < -0.4 is 0 Å². The van der Waals surface area contributed by atoms with Crippen molar-refractivity contribution in [2.24, 2.45) is 0 Å². The average molecular weight is 222 g/mol. The molecule has 1 aromatic heterocycles. The molecule has 2 heteroatoms. The Kier molecular flexibility index (Phi) is 3.82. The minimum Gasteiger partial charge on any atom is -0.332 e. The molecular formula is C14H26N2. The van der Waals surface area contributed by atoms with Gasteiger partial charge in [0, 0.05) is 17.2 Å². The maximum atomic E-state index is 4.57. The summed E-state index contributed by atoms with van der Waals surface area (Å²) < 4.78 is 2.27. The lowest BCUT2D eigenvalue weighted by molar-refractivity contribution is 0.323. The fraction of sp³-hybridized carbons (Fsp3) is 0.786. The monoisotopic (exact) mass is 222 g/mol. The Morgan fingerprint density at radius 3 is 2.31 bits per heavy atom. The molecule has 16 heavy (non-hydrogen) atoms. The predicted molar refractivity (Wildman–Crippen MR) is 69.8 cm³/mol. The van der Waals surface area contributed by atoms with Crippen molar-refractivity contribution in [1.82, 2.24) is 9.55 Å². The predicted octanol–water partition coefficient (Wildman–Crippen LogP) is 4.11. The number of imidazole rings is 1. The average Bonchev–Trinajstić information content (AvgIpc) is 2.67.